The van der Waals surface area contributed by atoms with Crippen molar-refractivity contribution in [2.45, 2.75) is 6.43 Å². The average molecular weight is 273 g/mol. The van der Waals surface area contributed by atoms with Crippen molar-refractivity contribution in [3.8, 4) is 0 Å². The van der Waals surface area contributed by atoms with E-state index in [1.807, 2.05) is 0 Å². The molecule has 0 saturated carbocycles. The third-order valence-corrected chi connectivity index (χ3v) is 2.72. The topological polar surface area (TPSA) is 38.9 Å². The Bertz CT molecular complexity index is 757. The molecule has 1 aromatic carbocycles. The number of nitrogens with zero attached hydrogens (tertiary/aromatic N) is 2. The highest BCUT2D eigenvalue weighted by Gasteiger charge is 2.20. The lowest BCUT2D eigenvalue weighted by Crippen LogP contribution is -1.95. The quantitative estimate of drug-likeness (QED) is 0.626. The van der Waals surface area contributed by atoms with Crippen LogP contribution in [0.2, 0.25) is 5.15 Å². The number of furan rings is 1. The summed E-state index contributed by atoms with van der Waals surface area (Å²) in [7, 11) is 0. The van der Waals surface area contributed by atoms with Crippen molar-refractivity contribution in [1.82, 2.24) is 9.97 Å². The molecule has 0 spiro atoms. The molecule has 7 heteroatoms. The van der Waals surface area contributed by atoms with Crippen LogP contribution in [0.15, 0.2) is 22.6 Å². The fraction of sp³-hybridized carbons (Fsp3) is 0.0909. The molecule has 3 rings (SSSR count). The van der Waals surface area contributed by atoms with E-state index in [4.69, 9.17) is 16.0 Å². The molecule has 3 nitrogen and oxygen atoms in total. The lowest BCUT2D eigenvalue weighted by Gasteiger charge is -1.98. The number of alkyl halides is 2. The molecule has 0 aliphatic rings. The van der Waals surface area contributed by atoms with Crippen molar-refractivity contribution in [2.24, 2.45) is 0 Å². The number of hydrogen-bond acceptors (Lipinski definition) is 3. The first-order chi connectivity index (χ1) is 8.58. The Morgan fingerprint density at radius 3 is 2.67 bits per heavy atom. The first kappa shape index (κ1) is 11.3. The summed E-state index contributed by atoms with van der Waals surface area (Å²) in [6.45, 7) is 0. The van der Waals surface area contributed by atoms with Crippen LogP contribution in [-0.4, -0.2) is 9.97 Å². The van der Waals surface area contributed by atoms with Crippen LogP contribution in [0.3, 0.4) is 0 Å². The molecule has 0 radical (unpaired) electrons. The summed E-state index contributed by atoms with van der Waals surface area (Å²) in [5, 5.41) is 0.0297. The lowest BCUT2D eigenvalue weighted by atomic mass is 10.2. The monoisotopic (exact) mass is 272 g/mol. The smallest absolute Gasteiger partial charge is 0.297 e. The van der Waals surface area contributed by atoms with Gasteiger partial charge in [-0.1, -0.05) is 17.7 Å². The van der Waals surface area contributed by atoms with Gasteiger partial charge in [-0.05, 0) is 12.1 Å². The van der Waals surface area contributed by atoms with Crippen LogP contribution < -0.4 is 0 Å². The van der Waals surface area contributed by atoms with Gasteiger partial charge in [-0.2, -0.15) is 0 Å². The highest BCUT2D eigenvalue weighted by Crippen LogP contribution is 2.33. The molecular weight excluding hydrogens is 269 g/mol. The summed E-state index contributed by atoms with van der Waals surface area (Å²) < 4.78 is 43.8. The summed E-state index contributed by atoms with van der Waals surface area (Å²) in [5.74, 6) is -1.32. The van der Waals surface area contributed by atoms with Crippen molar-refractivity contribution < 1.29 is 17.6 Å². The minimum Gasteiger partial charge on any atom is -0.448 e. The highest BCUT2D eigenvalue weighted by atomic mass is 35.5. The van der Waals surface area contributed by atoms with E-state index in [9.17, 15) is 13.2 Å². The Kier molecular flexibility index (Phi) is 2.41. The van der Waals surface area contributed by atoms with Gasteiger partial charge < -0.3 is 4.42 Å². The molecule has 0 bridgehead atoms. The van der Waals surface area contributed by atoms with Crippen LogP contribution in [0, 0.1) is 5.82 Å². The van der Waals surface area contributed by atoms with E-state index in [1.54, 1.807) is 0 Å². The minimum absolute atomic E-state index is 0.00108. The first-order valence-corrected chi connectivity index (χ1v) is 5.28. The van der Waals surface area contributed by atoms with E-state index >= 15 is 0 Å². The van der Waals surface area contributed by atoms with Crippen molar-refractivity contribution in [3.05, 3.63) is 35.0 Å². The van der Waals surface area contributed by atoms with Crippen LogP contribution in [0.4, 0.5) is 13.2 Å². The van der Waals surface area contributed by atoms with Gasteiger partial charge in [-0.25, -0.2) is 23.1 Å². The molecule has 0 amide bonds. The van der Waals surface area contributed by atoms with E-state index in [1.165, 1.54) is 18.2 Å². The second-order valence-corrected chi connectivity index (χ2v) is 3.93. The van der Waals surface area contributed by atoms with Crippen molar-refractivity contribution in [1.29, 1.82) is 0 Å². The number of hydrogen-bond donors (Lipinski definition) is 0. The normalized spacial score (nSPS) is 11.8. The van der Waals surface area contributed by atoms with Gasteiger partial charge in [0.2, 0.25) is 0 Å². The van der Waals surface area contributed by atoms with Crippen LogP contribution in [0.1, 0.15) is 12.2 Å². The molecule has 0 unspecified atom stereocenters. The summed E-state index contributed by atoms with van der Waals surface area (Å²) in [6.07, 6.45) is -2.86. The fourth-order valence-corrected chi connectivity index (χ4v) is 1.93. The maximum absolute atomic E-state index is 13.5. The van der Waals surface area contributed by atoms with Crippen molar-refractivity contribution in [2.75, 3.05) is 0 Å². The Hall–Kier alpha value is -1.82. The Morgan fingerprint density at radius 2 is 1.94 bits per heavy atom. The lowest BCUT2D eigenvalue weighted by molar-refractivity contribution is 0.141. The number of benzene rings is 1. The highest BCUT2D eigenvalue weighted by molar-refractivity contribution is 6.34. The van der Waals surface area contributed by atoms with E-state index in [-0.39, 0.29) is 27.2 Å². The fourth-order valence-electron chi connectivity index (χ4n) is 1.71. The standard InChI is InChI=1S/C11H4ClF3N2O/c12-9-8-6(16-11(17-9)10(14)15)4-2-1-3-5(13)7(4)18-8/h1-3,10H. The number of halogens is 4. The number of rotatable bonds is 1. The molecule has 0 fully saturated rings. The Morgan fingerprint density at radius 1 is 1.17 bits per heavy atom. The van der Waals surface area contributed by atoms with Gasteiger partial charge in [0.05, 0.1) is 0 Å². The zero-order valence-corrected chi connectivity index (χ0v) is 9.38. The molecule has 0 atom stereocenters. The molecule has 0 saturated heterocycles. The predicted molar refractivity (Wildman–Crippen MR) is 59.2 cm³/mol. The van der Waals surface area contributed by atoms with Crippen LogP contribution in [0.5, 0.6) is 0 Å². The second kappa shape index (κ2) is 3.84. The van der Waals surface area contributed by atoms with Gasteiger partial charge in [0.25, 0.3) is 6.43 Å². The maximum atomic E-state index is 13.5. The van der Waals surface area contributed by atoms with Crippen LogP contribution >= 0.6 is 11.6 Å². The van der Waals surface area contributed by atoms with E-state index in [0.29, 0.717) is 0 Å². The summed E-state index contributed by atoms with van der Waals surface area (Å²) >= 11 is 5.73. The molecule has 0 N–H and O–H groups in total. The van der Waals surface area contributed by atoms with Gasteiger partial charge in [-0.15, -0.1) is 0 Å². The van der Waals surface area contributed by atoms with Crippen LogP contribution in [0.25, 0.3) is 22.1 Å². The predicted octanol–water partition coefficient (Wildman–Crippen LogP) is 4.11. The zero-order valence-electron chi connectivity index (χ0n) is 8.62. The van der Waals surface area contributed by atoms with Crippen molar-refractivity contribution >= 4 is 33.7 Å². The molecule has 0 aliphatic heterocycles. The second-order valence-electron chi connectivity index (χ2n) is 3.57. The third-order valence-electron chi connectivity index (χ3n) is 2.46. The summed E-state index contributed by atoms with van der Waals surface area (Å²) in [6, 6.07) is 4.15. The molecule has 3 aromatic rings. The molecular formula is C11H4ClF3N2O. The van der Waals surface area contributed by atoms with Crippen LogP contribution in [-0.2, 0) is 0 Å². The molecule has 2 aromatic heterocycles. The Labute approximate surface area is 103 Å². The number of para-hydroxylation sites is 1. The zero-order chi connectivity index (χ0) is 12.9. The van der Waals surface area contributed by atoms with E-state index in [0.717, 1.165) is 0 Å². The molecule has 18 heavy (non-hydrogen) atoms. The number of fused-ring (bicyclic) bond motifs is 3. The van der Waals surface area contributed by atoms with E-state index in [2.05, 4.69) is 9.97 Å². The largest absolute Gasteiger partial charge is 0.448 e. The average Bonchev–Trinajstić information content (AvgIpc) is 2.70. The summed E-state index contributed by atoms with van der Waals surface area (Å²) in [5.41, 5.74) is 0.0103. The summed E-state index contributed by atoms with van der Waals surface area (Å²) in [4.78, 5) is 7.07. The molecule has 0 aliphatic carbocycles. The van der Waals surface area contributed by atoms with E-state index < -0.39 is 18.1 Å². The van der Waals surface area contributed by atoms with Gasteiger partial charge in [0, 0.05) is 5.39 Å². The maximum Gasteiger partial charge on any atom is 0.297 e. The van der Waals surface area contributed by atoms with Gasteiger partial charge in [0.15, 0.2) is 28.0 Å². The Balaban J connectivity index is 2.48. The number of aromatic nitrogens is 2. The van der Waals surface area contributed by atoms with Gasteiger partial charge in [-0.3, -0.25) is 0 Å². The third kappa shape index (κ3) is 1.53. The molecule has 92 valence electrons. The SMILES string of the molecule is Fc1cccc2c1oc1c(Cl)nc(C(F)F)nc12. The molecule has 2 heterocycles. The van der Waals surface area contributed by atoms with Crippen molar-refractivity contribution in [3.63, 3.8) is 0 Å². The first-order valence-electron chi connectivity index (χ1n) is 4.90. The van der Waals surface area contributed by atoms with Gasteiger partial charge >= 0.3 is 0 Å². The minimum atomic E-state index is -2.86. The van der Waals surface area contributed by atoms with Gasteiger partial charge in [0.1, 0.15) is 5.52 Å².